The molecule has 2 N–H and O–H groups in total. The Bertz CT molecular complexity index is 1140. The highest BCUT2D eigenvalue weighted by molar-refractivity contribution is 7.92. The van der Waals surface area contributed by atoms with E-state index < -0.39 is 10.0 Å². The maximum atomic E-state index is 12.8. The molecule has 0 fully saturated rings. The van der Waals surface area contributed by atoms with Crippen LogP contribution in [0.15, 0.2) is 71.6 Å². The van der Waals surface area contributed by atoms with E-state index in [1.807, 2.05) is 50.2 Å². The summed E-state index contributed by atoms with van der Waals surface area (Å²) in [5, 5.41) is 2.85. The van der Waals surface area contributed by atoms with Crippen LogP contribution in [-0.4, -0.2) is 14.3 Å². The van der Waals surface area contributed by atoms with Crippen LogP contribution >= 0.6 is 0 Å². The van der Waals surface area contributed by atoms with Crippen molar-refractivity contribution in [3.8, 4) is 0 Å². The van der Waals surface area contributed by atoms with Crippen LogP contribution in [0.1, 0.15) is 27.0 Å². The summed E-state index contributed by atoms with van der Waals surface area (Å²) >= 11 is 0. The minimum absolute atomic E-state index is 0.0382. The second kappa shape index (κ2) is 7.86. The zero-order valence-corrected chi connectivity index (χ0v) is 16.8. The van der Waals surface area contributed by atoms with E-state index in [0.29, 0.717) is 22.5 Å². The Morgan fingerprint density at radius 3 is 1.93 bits per heavy atom. The molecule has 3 rings (SSSR count). The second-order valence-corrected chi connectivity index (χ2v) is 8.35. The van der Waals surface area contributed by atoms with Crippen molar-refractivity contribution < 1.29 is 13.2 Å². The van der Waals surface area contributed by atoms with Crippen molar-refractivity contribution in [2.24, 2.45) is 0 Å². The topological polar surface area (TPSA) is 75.3 Å². The summed E-state index contributed by atoms with van der Waals surface area (Å²) in [4.78, 5) is 12.8. The van der Waals surface area contributed by atoms with Gasteiger partial charge in [-0.3, -0.25) is 9.52 Å². The van der Waals surface area contributed by atoms with Crippen molar-refractivity contribution in [1.82, 2.24) is 0 Å². The molecule has 144 valence electrons. The third-order valence-corrected chi connectivity index (χ3v) is 5.91. The summed E-state index contributed by atoms with van der Waals surface area (Å²) in [6.45, 7) is 5.50. The molecule has 0 heterocycles. The molecule has 0 spiro atoms. The monoisotopic (exact) mass is 394 g/mol. The lowest BCUT2D eigenvalue weighted by Crippen LogP contribution is -2.17. The molecule has 0 aliphatic carbocycles. The van der Waals surface area contributed by atoms with Crippen LogP contribution in [0.2, 0.25) is 0 Å². The third kappa shape index (κ3) is 4.23. The predicted molar refractivity (Wildman–Crippen MR) is 112 cm³/mol. The molecular formula is C22H22N2O3S. The summed E-state index contributed by atoms with van der Waals surface area (Å²) < 4.78 is 28.2. The van der Waals surface area contributed by atoms with Gasteiger partial charge in [-0.2, -0.15) is 0 Å². The molecule has 6 heteroatoms. The van der Waals surface area contributed by atoms with Gasteiger partial charge in [0, 0.05) is 11.3 Å². The number of anilines is 2. The van der Waals surface area contributed by atoms with Crippen LogP contribution in [0, 0.1) is 20.8 Å². The van der Waals surface area contributed by atoms with Crippen molar-refractivity contribution >= 4 is 27.3 Å². The number of para-hydroxylation sites is 2. The summed E-state index contributed by atoms with van der Waals surface area (Å²) in [6.07, 6.45) is 0. The fourth-order valence-corrected chi connectivity index (χ4v) is 3.96. The summed E-state index contributed by atoms with van der Waals surface area (Å²) in [6, 6.07) is 19.1. The number of amides is 1. The normalized spacial score (nSPS) is 11.1. The van der Waals surface area contributed by atoms with Crippen LogP contribution in [0.5, 0.6) is 0 Å². The van der Waals surface area contributed by atoms with Gasteiger partial charge in [0.15, 0.2) is 0 Å². The van der Waals surface area contributed by atoms with E-state index in [1.54, 1.807) is 25.1 Å². The zero-order valence-electron chi connectivity index (χ0n) is 16.0. The van der Waals surface area contributed by atoms with Crippen molar-refractivity contribution in [3.05, 3.63) is 89.0 Å². The fraction of sp³-hybridized carbons (Fsp3) is 0.136. The van der Waals surface area contributed by atoms with Crippen molar-refractivity contribution in [2.75, 3.05) is 10.0 Å². The van der Waals surface area contributed by atoms with Crippen molar-refractivity contribution in [3.63, 3.8) is 0 Å². The molecule has 3 aromatic carbocycles. The fourth-order valence-electron chi connectivity index (χ4n) is 2.81. The Labute approximate surface area is 165 Å². The molecule has 0 aliphatic heterocycles. The molecule has 0 aromatic heterocycles. The maximum Gasteiger partial charge on any atom is 0.261 e. The van der Waals surface area contributed by atoms with E-state index >= 15 is 0 Å². The number of rotatable bonds is 5. The Balaban J connectivity index is 1.91. The number of aryl methyl sites for hydroxylation is 3. The number of sulfonamides is 1. The van der Waals surface area contributed by atoms with Gasteiger partial charge >= 0.3 is 0 Å². The lowest BCUT2D eigenvalue weighted by Gasteiger charge is -2.13. The third-order valence-electron chi connectivity index (χ3n) is 4.55. The number of carbonyl (C=O) groups excluding carboxylic acids is 1. The lowest BCUT2D eigenvalue weighted by molar-refractivity contribution is 0.102. The average Bonchev–Trinajstić information content (AvgIpc) is 2.65. The van der Waals surface area contributed by atoms with E-state index in [9.17, 15) is 13.2 Å². The molecule has 1 amide bonds. The quantitative estimate of drug-likeness (QED) is 0.661. The molecule has 0 saturated carbocycles. The molecule has 0 aliphatic rings. The highest BCUT2D eigenvalue weighted by Gasteiger charge is 2.19. The van der Waals surface area contributed by atoms with Gasteiger partial charge in [-0.15, -0.1) is 0 Å². The minimum atomic E-state index is -3.82. The van der Waals surface area contributed by atoms with E-state index in [-0.39, 0.29) is 10.8 Å². The molecular weight excluding hydrogens is 372 g/mol. The molecule has 28 heavy (non-hydrogen) atoms. The van der Waals surface area contributed by atoms with Gasteiger partial charge in [-0.25, -0.2) is 8.42 Å². The lowest BCUT2D eigenvalue weighted by atomic mass is 10.1. The van der Waals surface area contributed by atoms with Gasteiger partial charge in [0.2, 0.25) is 0 Å². The highest BCUT2D eigenvalue weighted by atomic mass is 32.2. The number of hydrogen-bond donors (Lipinski definition) is 2. The second-order valence-electron chi connectivity index (χ2n) is 6.67. The first-order valence-electron chi connectivity index (χ1n) is 8.84. The molecule has 3 aromatic rings. The predicted octanol–water partition coefficient (Wildman–Crippen LogP) is 4.66. The van der Waals surface area contributed by atoms with E-state index in [0.717, 1.165) is 11.1 Å². The number of carbonyl (C=O) groups is 1. The number of benzene rings is 3. The summed E-state index contributed by atoms with van der Waals surface area (Å²) in [5.74, 6) is -0.347. The number of hydrogen-bond acceptors (Lipinski definition) is 3. The van der Waals surface area contributed by atoms with Gasteiger partial charge in [0.25, 0.3) is 15.9 Å². The summed E-state index contributed by atoms with van der Waals surface area (Å²) in [5.41, 5.74) is 3.96. The van der Waals surface area contributed by atoms with Crippen molar-refractivity contribution in [2.45, 2.75) is 25.7 Å². The Morgan fingerprint density at radius 2 is 1.32 bits per heavy atom. The summed E-state index contributed by atoms with van der Waals surface area (Å²) in [7, 11) is -3.82. The van der Waals surface area contributed by atoms with E-state index in [2.05, 4.69) is 10.0 Å². The van der Waals surface area contributed by atoms with E-state index in [4.69, 9.17) is 0 Å². The Morgan fingerprint density at radius 1 is 0.750 bits per heavy atom. The van der Waals surface area contributed by atoms with Crippen LogP contribution in [0.4, 0.5) is 11.4 Å². The first kappa shape index (κ1) is 19.6. The first-order chi connectivity index (χ1) is 13.3. The van der Waals surface area contributed by atoms with Gasteiger partial charge in [-0.1, -0.05) is 42.5 Å². The molecule has 0 atom stereocenters. The molecule has 0 unspecified atom stereocenters. The molecule has 0 saturated heterocycles. The zero-order chi connectivity index (χ0) is 20.3. The van der Waals surface area contributed by atoms with Gasteiger partial charge in [-0.05, 0) is 61.7 Å². The molecule has 0 bridgehead atoms. The van der Waals surface area contributed by atoms with Gasteiger partial charge in [0.1, 0.15) is 0 Å². The van der Waals surface area contributed by atoms with Crippen LogP contribution in [0.3, 0.4) is 0 Å². The Kier molecular flexibility index (Phi) is 5.51. The number of nitrogens with one attached hydrogen (secondary N) is 2. The molecule has 5 nitrogen and oxygen atoms in total. The standard InChI is InChI=1S/C22H22N2O3S/c1-15-12-13-18(28(26,27)24-21-11-7-5-9-17(21)3)14-19(15)22(25)23-20-10-6-4-8-16(20)2/h4-14,24H,1-3H3,(H,23,25). The first-order valence-corrected chi connectivity index (χ1v) is 10.3. The van der Waals surface area contributed by atoms with Crippen LogP contribution < -0.4 is 10.0 Å². The largest absolute Gasteiger partial charge is 0.322 e. The van der Waals surface area contributed by atoms with Gasteiger partial charge in [0.05, 0.1) is 10.6 Å². The van der Waals surface area contributed by atoms with E-state index in [1.165, 1.54) is 12.1 Å². The minimum Gasteiger partial charge on any atom is -0.322 e. The highest BCUT2D eigenvalue weighted by Crippen LogP contribution is 2.22. The smallest absolute Gasteiger partial charge is 0.261 e. The molecule has 0 radical (unpaired) electrons. The van der Waals surface area contributed by atoms with Crippen molar-refractivity contribution in [1.29, 1.82) is 0 Å². The van der Waals surface area contributed by atoms with Gasteiger partial charge < -0.3 is 5.32 Å². The average molecular weight is 394 g/mol. The SMILES string of the molecule is Cc1ccccc1NC(=O)c1cc(S(=O)(=O)Nc2ccccc2C)ccc1C. The van der Waals surface area contributed by atoms with Crippen LogP contribution in [-0.2, 0) is 10.0 Å². The maximum absolute atomic E-state index is 12.8. The van der Waals surface area contributed by atoms with Crippen LogP contribution in [0.25, 0.3) is 0 Å². The Hall–Kier alpha value is -3.12.